The van der Waals surface area contributed by atoms with E-state index >= 15 is 0 Å². The van der Waals surface area contributed by atoms with Crippen LogP contribution >= 0.6 is 11.3 Å². The number of alkyl halides is 6. The number of thiazole rings is 1. The summed E-state index contributed by atoms with van der Waals surface area (Å²) in [4.78, 5) is 30.6. The van der Waals surface area contributed by atoms with Gasteiger partial charge in [-0.25, -0.2) is 24.6 Å². The van der Waals surface area contributed by atoms with Crippen molar-refractivity contribution in [3.63, 3.8) is 0 Å². The van der Waals surface area contributed by atoms with Gasteiger partial charge in [0.25, 0.3) is 0 Å². The number of carbonyl (C=O) groups is 1. The van der Waals surface area contributed by atoms with Gasteiger partial charge in [-0.05, 0) is 27.7 Å². The smallest absolute Gasteiger partial charge is 0.382 e. The molecule has 1 N–H and O–H groups in total. The Kier molecular flexibility index (Phi) is 7.35. The lowest BCUT2D eigenvalue weighted by molar-refractivity contribution is -0.145. The number of hydrogen-bond acceptors (Lipinski definition) is 9. The topological polar surface area (TPSA) is 113 Å². The molecular weight excluding hydrogens is 554 g/mol. The quantitative estimate of drug-likeness (QED) is 0.458. The van der Waals surface area contributed by atoms with Gasteiger partial charge in [0.15, 0.2) is 5.82 Å². The van der Waals surface area contributed by atoms with Gasteiger partial charge in [-0.1, -0.05) is 11.3 Å². The molecule has 0 spiro atoms. The van der Waals surface area contributed by atoms with Gasteiger partial charge < -0.3 is 14.9 Å². The molecule has 1 aliphatic heterocycles. The lowest BCUT2D eigenvalue weighted by Crippen LogP contribution is -2.54. The van der Waals surface area contributed by atoms with Crippen LogP contribution in [-0.4, -0.2) is 71.3 Å². The lowest BCUT2D eigenvalue weighted by Gasteiger charge is -2.40. The molecule has 17 heteroatoms. The molecule has 0 saturated carbocycles. The van der Waals surface area contributed by atoms with Gasteiger partial charge in [0.05, 0.1) is 0 Å². The minimum atomic E-state index is -4.81. The van der Waals surface area contributed by atoms with Crippen molar-refractivity contribution >= 4 is 22.2 Å². The number of hydrogen-bond donors (Lipinski definition) is 1. The van der Waals surface area contributed by atoms with Crippen LogP contribution in [-0.2, 0) is 29.3 Å². The van der Waals surface area contributed by atoms with Gasteiger partial charge in [-0.3, -0.25) is 4.79 Å². The van der Waals surface area contributed by atoms with Crippen molar-refractivity contribution in [2.75, 3.05) is 24.5 Å². The van der Waals surface area contributed by atoms with Crippen LogP contribution in [0.25, 0.3) is 11.3 Å². The molecule has 1 saturated heterocycles. The van der Waals surface area contributed by atoms with E-state index in [1.54, 1.807) is 23.6 Å². The second-order valence-electron chi connectivity index (χ2n) is 9.55. The Bertz CT molecular complexity index is 1350. The fourth-order valence-electron chi connectivity index (χ4n) is 3.99. The van der Waals surface area contributed by atoms with Crippen LogP contribution in [0.5, 0.6) is 0 Å². The van der Waals surface area contributed by atoms with Crippen LogP contribution in [0.4, 0.5) is 31.3 Å². The first-order chi connectivity index (χ1) is 17.9. The molecule has 4 heterocycles. The van der Waals surface area contributed by atoms with Crippen LogP contribution in [0.1, 0.15) is 43.3 Å². The molecule has 39 heavy (non-hydrogen) atoms. The number of anilines is 1. The molecule has 0 bridgehead atoms. The zero-order valence-electron chi connectivity index (χ0n) is 21.2. The number of carbonyl (C=O) groups excluding carboxylic acids is 1. The summed E-state index contributed by atoms with van der Waals surface area (Å²) in [6.07, 6.45) is -7.99. The molecular formula is C22H24F6N8O2S. The molecule has 0 unspecified atom stereocenters. The van der Waals surface area contributed by atoms with Crippen LogP contribution < -0.4 is 4.90 Å². The summed E-state index contributed by atoms with van der Waals surface area (Å²) >= 11 is 0.361. The van der Waals surface area contributed by atoms with Gasteiger partial charge in [0, 0.05) is 43.6 Å². The fraction of sp³-hybridized carbons (Fsp3) is 0.545. The lowest BCUT2D eigenvalue weighted by atomic mass is 10.1. The first kappa shape index (κ1) is 28.7. The van der Waals surface area contributed by atoms with Gasteiger partial charge in [0.2, 0.25) is 16.7 Å². The van der Waals surface area contributed by atoms with Gasteiger partial charge >= 0.3 is 12.4 Å². The van der Waals surface area contributed by atoms with E-state index in [1.807, 2.05) is 0 Å². The molecule has 1 fully saturated rings. The maximum Gasteiger partial charge on any atom is 0.451 e. The molecule has 1 aliphatic rings. The van der Waals surface area contributed by atoms with E-state index < -0.39 is 34.8 Å². The zero-order valence-corrected chi connectivity index (χ0v) is 22.0. The van der Waals surface area contributed by atoms with Crippen molar-refractivity contribution in [3.8, 4) is 11.3 Å². The third kappa shape index (κ3) is 6.13. The summed E-state index contributed by atoms with van der Waals surface area (Å²) in [6.45, 7) is 6.72. The molecule has 0 aliphatic carbocycles. The number of nitrogens with zero attached hydrogens (tertiary/aromatic N) is 8. The van der Waals surface area contributed by atoms with Crippen LogP contribution in [0.2, 0.25) is 0 Å². The van der Waals surface area contributed by atoms with Gasteiger partial charge in [-0.15, -0.1) is 0 Å². The Labute approximate surface area is 222 Å². The fourth-order valence-corrected chi connectivity index (χ4v) is 4.98. The number of amides is 1. The first-order valence-corrected chi connectivity index (χ1v) is 12.4. The first-order valence-electron chi connectivity index (χ1n) is 11.6. The standard InChI is InChI=1S/C22H24F6N8O2S/c1-11-9-34(5-6-35(11)14(37)10-36-12(2)31-17(33-36)20(3,4)38)16-15(32-19(39-16)22(26,27)28)13-7-29-18(30-8-13)21(23,24)25/h7-8,11,38H,5-6,9-10H2,1-4H3/t11-/m1/s1. The number of aromatic nitrogens is 6. The van der Waals surface area contributed by atoms with Crippen molar-refractivity contribution < 1.29 is 36.2 Å². The highest BCUT2D eigenvalue weighted by Gasteiger charge is 2.39. The summed E-state index contributed by atoms with van der Waals surface area (Å²) in [7, 11) is 0. The molecule has 3 aromatic heterocycles. The van der Waals surface area contributed by atoms with E-state index in [0.29, 0.717) is 17.2 Å². The highest BCUT2D eigenvalue weighted by molar-refractivity contribution is 7.16. The zero-order chi connectivity index (χ0) is 28.9. The Morgan fingerprint density at radius 1 is 1.05 bits per heavy atom. The molecule has 1 amide bonds. The van der Waals surface area contributed by atoms with Crippen molar-refractivity contribution in [3.05, 3.63) is 34.9 Å². The SMILES string of the molecule is Cc1nc(C(C)(C)O)nn1CC(=O)N1CCN(c2sc(C(F)(F)F)nc2-c2cnc(C(F)(F)F)nc2)C[C@H]1C. The second-order valence-corrected chi connectivity index (χ2v) is 10.5. The van der Waals surface area contributed by atoms with Gasteiger partial charge in [0.1, 0.15) is 28.7 Å². The van der Waals surface area contributed by atoms with Crippen molar-refractivity contribution in [1.29, 1.82) is 0 Å². The maximum absolute atomic E-state index is 13.5. The predicted molar refractivity (Wildman–Crippen MR) is 127 cm³/mol. The number of halogens is 6. The summed E-state index contributed by atoms with van der Waals surface area (Å²) < 4.78 is 80.5. The molecule has 0 radical (unpaired) electrons. The van der Waals surface area contributed by atoms with Crippen molar-refractivity contribution in [1.82, 2.24) is 34.6 Å². The average molecular weight is 579 g/mol. The average Bonchev–Trinajstić information content (AvgIpc) is 3.43. The Balaban J connectivity index is 1.55. The van der Waals surface area contributed by atoms with E-state index in [-0.39, 0.29) is 54.2 Å². The normalized spacial score (nSPS) is 17.2. The van der Waals surface area contributed by atoms with Crippen molar-refractivity contribution in [2.45, 2.75) is 58.2 Å². The van der Waals surface area contributed by atoms with Crippen LogP contribution in [0.15, 0.2) is 12.4 Å². The molecule has 0 aromatic carbocycles. The highest BCUT2D eigenvalue weighted by Crippen LogP contribution is 2.43. The Hall–Kier alpha value is -3.34. The number of aliphatic hydroxyl groups is 1. The van der Waals surface area contributed by atoms with E-state index in [0.717, 1.165) is 12.4 Å². The summed E-state index contributed by atoms with van der Waals surface area (Å²) in [5, 5.41) is 13.2. The summed E-state index contributed by atoms with van der Waals surface area (Å²) in [5.41, 5.74) is -1.58. The third-order valence-electron chi connectivity index (χ3n) is 5.95. The predicted octanol–water partition coefficient (Wildman–Crippen LogP) is 3.50. The monoisotopic (exact) mass is 578 g/mol. The Morgan fingerprint density at radius 3 is 2.21 bits per heavy atom. The summed E-state index contributed by atoms with van der Waals surface area (Å²) in [5.74, 6) is -1.12. The summed E-state index contributed by atoms with van der Waals surface area (Å²) in [6, 6.07) is -0.433. The number of piperazine rings is 1. The van der Waals surface area contributed by atoms with E-state index in [9.17, 15) is 36.2 Å². The highest BCUT2D eigenvalue weighted by atomic mass is 32.1. The van der Waals surface area contributed by atoms with Gasteiger partial charge in [-0.2, -0.15) is 31.4 Å². The number of aryl methyl sites for hydroxylation is 1. The minimum Gasteiger partial charge on any atom is -0.382 e. The third-order valence-corrected chi connectivity index (χ3v) is 7.12. The van der Waals surface area contributed by atoms with E-state index in [1.165, 1.54) is 18.5 Å². The van der Waals surface area contributed by atoms with Crippen molar-refractivity contribution in [2.24, 2.45) is 0 Å². The van der Waals surface area contributed by atoms with E-state index in [4.69, 9.17) is 0 Å². The number of rotatable bonds is 5. The Morgan fingerprint density at radius 2 is 1.69 bits per heavy atom. The van der Waals surface area contributed by atoms with Crippen LogP contribution in [0, 0.1) is 6.92 Å². The molecule has 3 aromatic rings. The second kappa shape index (κ2) is 10.0. The minimum absolute atomic E-state index is 0.0894. The van der Waals surface area contributed by atoms with Crippen LogP contribution in [0.3, 0.4) is 0 Å². The van der Waals surface area contributed by atoms with E-state index in [2.05, 4.69) is 25.0 Å². The molecule has 1 atom stereocenters. The molecule has 10 nitrogen and oxygen atoms in total. The molecule has 212 valence electrons. The molecule has 4 rings (SSSR count). The maximum atomic E-state index is 13.5. The largest absolute Gasteiger partial charge is 0.451 e.